The van der Waals surface area contributed by atoms with Gasteiger partial charge in [-0.25, -0.2) is 9.59 Å². The number of hydrogen-bond acceptors (Lipinski definition) is 4. The number of urea groups is 1. The monoisotopic (exact) mass is 356 g/mol. The van der Waals surface area contributed by atoms with E-state index in [1.807, 2.05) is 38.1 Å². The Bertz CT molecular complexity index is 726. The van der Waals surface area contributed by atoms with Crippen LogP contribution in [0.5, 0.6) is 5.75 Å². The van der Waals surface area contributed by atoms with Crippen LogP contribution in [-0.2, 0) is 4.74 Å². The second-order valence-electron chi connectivity index (χ2n) is 5.62. The van der Waals surface area contributed by atoms with Crippen LogP contribution in [-0.4, -0.2) is 25.2 Å². The number of rotatable bonds is 7. The fourth-order valence-electron chi connectivity index (χ4n) is 2.37. The maximum Gasteiger partial charge on any atom is 0.338 e. The van der Waals surface area contributed by atoms with Gasteiger partial charge in [0.1, 0.15) is 5.75 Å². The van der Waals surface area contributed by atoms with Gasteiger partial charge in [-0.2, -0.15) is 0 Å². The predicted molar refractivity (Wildman–Crippen MR) is 101 cm³/mol. The van der Waals surface area contributed by atoms with Gasteiger partial charge < -0.3 is 20.1 Å². The number of benzene rings is 2. The molecule has 0 spiro atoms. The van der Waals surface area contributed by atoms with E-state index in [1.54, 1.807) is 31.2 Å². The molecule has 0 bridgehead atoms. The van der Waals surface area contributed by atoms with E-state index in [0.29, 0.717) is 24.5 Å². The van der Waals surface area contributed by atoms with Crippen molar-refractivity contribution in [2.75, 3.05) is 18.5 Å². The van der Waals surface area contributed by atoms with E-state index in [-0.39, 0.29) is 18.0 Å². The third kappa shape index (κ3) is 5.51. The van der Waals surface area contributed by atoms with Crippen molar-refractivity contribution in [1.82, 2.24) is 5.32 Å². The van der Waals surface area contributed by atoms with Crippen molar-refractivity contribution in [3.63, 3.8) is 0 Å². The summed E-state index contributed by atoms with van der Waals surface area (Å²) in [4.78, 5) is 23.8. The molecule has 2 amide bonds. The highest BCUT2D eigenvalue weighted by molar-refractivity contribution is 5.92. The fourth-order valence-corrected chi connectivity index (χ4v) is 2.37. The Morgan fingerprint density at radius 1 is 0.962 bits per heavy atom. The van der Waals surface area contributed by atoms with E-state index in [2.05, 4.69) is 10.6 Å². The van der Waals surface area contributed by atoms with Crippen molar-refractivity contribution in [1.29, 1.82) is 0 Å². The van der Waals surface area contributed by atoms with Crippen molar-refractivity contribution in [3.8, 4) is 5.75 Å². The molecule has 0 saturated carbocycles. The highest BCUT2D eigenvalue weighted by Gasteiger charge is 2.11. The van der Waals surface area contributed by atoms with Crippen molar-refractivity contribution < 1.29 is 19.1 Å². The van der Waals surface area contributed by atoms with Crippen LogP contribution < -0.4 is 15.4 Å². The molecule has 26 heavy (non-hydrogen) atoms. The number of carbonyl (C=O) groups is 2. The Kier molecular flexibility index (Phi) is 7.02. The predicted octanol–water partition coefficient (Wildman–Crippen LogP) is 4.14. The summed E-state index contributed by atoms with van der Waals surface area (Å²) < 4.78 is 10.3. The minimum atomic E-state index is -0.382. The van der Waals surface area contributed by atoms with E-state index < -0.39 is 0 Å². The molecule has 138 valence electrons. The minimum absolute atomic E-state index is 0.163. The molecule has 0 unspecified atom stereocenters. The number of anilines is 1. The molecule has 6 nitrogen and oxygen atoms in total. The fraction of sp³-hybridized carbons (Fsp3) is 0.300. The molecule has 0 fully saturated rings. The summed E-state index contributed by atoms with van der Waals surface area (Å²) in [5.74, 6) is 0.419. The summed E-state index contributed by atoms with van der Waals surface area (Å²) >= 11 is 0. The third-order valence-electron chi connectivity index (χ3n) is 3.69. The van der Waals surface area contributed by atoms with Crippen molar-refractivity contribution in [2.45, 2.75) is 26.8 Å². The Hall–Kier alpha value is -3.02. The molecule has 0 saturated heterocycles. The summed E-state index contributed by atoms with van der Waals surface area (Å²) in [7, 11) is 0. The van der Waals surface area contributed by atoms with Crippen LogP contribution in [0.4, 0.5) is 10.5 Å². The lowest BCUT2D eigenvalue weighted by Crippen LogP contribution is -2.31. The SMILES string of the molecule is CCOC(=O)c1ccc(NC(=O)N[C@@H](C)c2ccc(OCC)cc2)cc1. The smallest absolute Gasteiger partial charge is 0.338 e. The van der Waals surface area contributed by atoms with Crippen LogP contribution in [0.3, 0.4) is 0 Å². The Balaban J connectivity index is 1.90. The molecule has 0 aromatic heterocycles. The van der Waals surface area contributed by atoms with Gasteiger partial charge in [-0.15, -0.1) is 0 Å². The van der Waals surface area contributed by atoms with Crippen molar-refractivity contribution >= 4 is 17.7 Å². The molecule has 0 aliphatic rings. The summed E-state index contributed by atoms with van der Waals surface area (Å²) in [6.07, 6.45) is 0. The van der Waals surface area contributed by atoms with E-state index in [1.165, 1.54) is 0 Å². The van der Waals surface area contributed by atoms with Gasteiger partial charge in [0.05, 0.1) is 24.8 Å². The second-order valence-corrected chi connectivity index (χ2v) is 5.62. The quantitative estimate of drug-likeness (QED) is 0.731. The number of ether oxygens (including phenoxy) is 2. The number of carbonyl (C=O) groups excluding carboxylic acids is 2. The Morgan fingerprint density at radius 2 is 1.62 bits per heavy atom. The number of nitrogens with one attached hydrogen (secondary N) is 2. The molecule has 2 aromatic carbocycles. The average molecular weight is 356 g/mol. The summed E-state index contributed by atoms with van der Waals surface area (Å²) in [6, 6.07) is 13.7. The molecule has 0 radical (unpaired) electrons. The van der Waals surface area contributed by atoms with Crippen LogP contribution in [0.15, 0.2) is 48.5 Å². The molecule has 0 aliphatic carbocycles. The van der Waals surface area contributed by atoms with Crippen LogP contribution in [0, 0.1) is 0 Å². The van der Waals surface area contributed by atoms with Crippen LogP contribution >= 0.6 is 0 Å². The molecule has 2 rings (SSSR count). The van der Waals surface area contributed by atoms with Crippen molar-refractivity contribution in [2.24, 2.45) is 0 Å². The third-order valence-corrected chi connectivity index (χ3v) is 3.69. The number of hydrogen-bond donors (Lipinski definition) is 2. The standard InChI is InChI=1S/C20H24N2O4/c1-4-25-18-12-8-15(9-13-18)14(3)21-20(24)22-17-10-6-16(7-11-17)19(23)26-5-2/h6-14H,4-5H2,1-3H3,(H2,21,22,24)/t14-/m0/s1. The van der Waals surface area contributed by atoms with E-state index in [9.17, 15) is 9.59 Å². The summed E-state index contributed by atoms with van der Waals surface area (Å²) in [6.45, 7) is 6.53. The molecular formula is C20H24N2O4. The topological polar surface area (TPSA) is 76.7 Å². The van der Waals surface area contributed by atoms with Gasteiger partial charge >= 0.3 is 12.0 Å². The first-order chi connectivity index (χ1) is 12.5. The minimum Gasteiger partial charge on any atom is -0.494 e. The first-order valence-electron chi connectivity index (χ1n) is 8.61. The lowest BCUT2D eigenvalue weighted by atomic mass is 10.1. The van der Waals surface area contributed by atoms with Gasteiger partial charge in [0.15, 0.2) is 0 Å². The first kappa shape index (κ1) is 19.3. The zero-order chi connectivity index (χ0) is 18.9. The van der Waals surface area contributed by atoms with Gasteiger partial charge in [0, 0.05) is 5.69 Å². The van der Waals surface area contributed by atoms with E-state index in [4.69, 9.17) is 9.47 Å². The second kappa shape index (κ2) is 9.46. The van der Waals surface area contributed by atoms with Gasteiger partial charge in [-0.1, -0.05) is 12.1 Å². The van der Waals surface area contributed by atoms with Gasteiger partial charge in [-0.3, -0.25) is 0 Å². The van der Waals surface area contributed by atoms with Crippen LogP contribution in [0.25, 0.3) is 0 Å². The lowest BCUT2D eigenvalue weighted by Gasteiger charge is -2.16. The molecule has 1 atom stereocenters. The van der Waals surface area contributed by atoms with Crippen molar-refractivity contribution in [3.05, 3.63) is 59.7 Å². The summed E-state index contributed by atoms with van der Waals surface area (Å²) in [5, 5.41) is 5.62. The maximum absolute atomic E-state index is 12.1. The normalized spacial score (nSPS) is 11.3. The molecule has 6 heteroatoms. The highest BCUT2D eigenvalue weighted by atomic mass is 16.5. The Morgan fingerprint density at radius 3 is 2.19 bits per heavy atom. The van der Waals surface area contributed by atoms with E-state index >= 15 is 0 Å². The van der Waals surface area contributed by atoms with Gasteiger partial charge in [-0.05, 0) is 62.7 Å². The summed E-state index contributed by atoms with van der Waals surface area (Å²) in [5.41, 5.74) is 2.01. The highest BCUT2D eigenvalue weighted by Crippen LogP contribution is 2.18. The zero-order valence-corrected chi connectivity index (χ0v) is 15.2. The molecular weight excluding hydrogens is 332 g/mol. The zero-order valence-electron chi connectivity index (χ0n) is 15.2. The molecule has 2 N–H and O–H groups in total. The molecule has 2 aromatic rings. The van der Waals surface area contributed by atoms with Crippen LogP contribution in [0.1, 0.15) is 42.7 Å². The molecule has 0 aliphatic heterocycles. The number of amides is 2. The number of esters is 1. The lowest BCUT2D eigenvalue weighted by molar-refractivity contribution is 0.0526. The maximum atomic E-state index is 12.1. The molecule has 0 heterocycles. The first-order valence-corrected chi connectivity index (χ1v) is 8.61. The largest absolute Gasteiger partial charge is 0.494 e. The van der Waals surface area contributed by atoms with Crippen LogP contribution in [0.2, 0.25) is 0 Å². The van der Waals surface area contributed by atoms with E-state index in [0.717, 1.165) is 11.3 Å². The van der Waals surface area contributed by atoms with Gasteiger partial charge in [0.25, 0.3) is 0 Å². The Labute approximate surface area is 153 Å². The van der Waals surface area contributed by atoms with Gasteiger partial charge in [0.2, 0.25) is 0 Å². The average Bonchev–Trinajstić information content (AvgIpc) is 2.63.